The molecule has 5 nitrogen and oxygen atoms in total. The van der Waals surface area contributed by atoms with Crippen LogP contribution in [-0.4, -0.2) is 21.9 Å². The molecule has 8 heteroatoms. The van der Waals surface area contributed by atoms with E-state index in [4.69, 9.17) is 5.73 Å². The van der Waals surface area contributed by atoms with E-state index in [9.17, 15) is 9.18 Å². The van der Waals surface area contributed by atoms with E-state index in [-0.39, 0.29) is 48.5 Å². The molecule has 0 aliphatic heterocycles. The highest BCUT2D eigenvalue weighted by atomic mass is 35.5. The predicted molar refractivity (Wildman–Crippen MR) is 110 cm³/mol. The Morgan fingerprint density at radius 1 is 1.15 bits per heavy atom. The molecular formula is C19H21Cl2FN4O. The van der Waals surface area contributed by atoms with Gasteiger partial charge in [-0.2, -0.15) is 0 Å². The van der Waals surface area contributed by atoms with Crippen LogP contribution in [0.4, 0.5) is 10.1 Å². The quantitative estimate of drug-likeness (QED) is 0.602. The third-order valence-corrected chi connectivity index (χ3v) is 4.71. The van der Waals surface area contributed by atoms with Crippen LogP contribution in [0.5, 0.6) is 0 Å². The fourth-order valence-electron chi connectivity index (χ4n) is 3.33. The Morgan fingerprint density at radius 3 is 2.56 bits per heavy atom. The van der Waals surface area contributed by atoms with Crippen molar-refractivity contribution in [2.45, 2.75) is 25.3 Å². The molecule has 4 N–H and O–H groups in total. The number of H-pyrrole nitrogens is 1. The SMILES string of the molecule is Cl.Cl.NC1CCC(C(=O)Nc2ccc3nc(-c4ccc(F)cc4)[nH]c3c2)C1. The summed E-state index contributed by atoms with van der Waals surface area (Å²) < 4.78 is 13.1. The number of benzene rings is 2. The Hall–Kier alpha value is -2.15. The van der Waals surface area contributed by atoms with Gasteiger partial charge in [0, 0.05) is 23.2 Å². The molecule has 27 heavy (non-hydrogen) atoms. The molecule has 3 aromatic rings. The maximum absolute atomic E-state index is 13.1. The van der Waals surface area contributed by atoms with Crippen molar-refractivity contribution in [1.29, 1.82) is 0 Å². The number of carbonyl (C=O) groups excluding carboxylic acids is 1. The second kappa shape index (κ2) is 8.69. The number of imidazole rings is 1. The first-order chi connectivity index (χ1) is 12.1. The molecule has 1 heterocycles. The Bertz CT molecular complexity index is 929. The number of nitrogens with one attached hydrogen (secondary N) is 2. The van der Waals surface area contributed by atoms with Crippen molar-refractivity contribution in [2.75, 3.05) is 5.32 Å². The second-order valence-electron chi connectivity index (χ2n) is 6.58. The van der Waals surface area contributed by atoms with Crippen LogP contribution < -0.4 is 11.1 Å². The zero-order valence-electron chi connectivity index (χ0n) is 14.4. The van der Waals surface area contributed by atoms with Crippen LogP contribution in [0.3, 0.4) is 0 Å². The summed E-state index contributed by atoms with van der Waals surface area (Å²) in [4.78, 5) is 20.1. The topological polar surface area (TPSA) is 83.8 Å². The normalized spacial score (nSPS) is 18.6. The van der Waals surface area contributed by atoms with Crippen molar-refractivity contribution >= 4 is 47.4 Å². The maximum atomic E-state index is 13.1. The van der Waals surface area contributed by atoms with Crippen molar-refractivity contribution in [3.05, 3.63) is 48.3 Å². The van der Waals surface area contributed by atoms with E-state index in [0.717, 1.165) is 41.5 Å². The number of aromatic amines is 1. The van der Waals surface area contributed by atoms with E-state index in [0.29, 0.717) is 5.82 Å². The van der Waals surface area contributed by atoms with Crippen LogP contribution in [0.2, 0.25) is 0 Å². The van der Waals surface area contributed by atoms with Gasteiger partial charge in [-0.3, -0.25) is 4.79 Å². The summed E-state index contributed by atoms with van der Waals surface area (Å²) in [6.07, 6.45) is 2.49. The highest BCUT2D eigenvalue weighted by Crippen LogP contribution is 2.27. The lowest BCUT2D eigenvalue weighted by Crippen LogP contribution is -2.23. The minimum absolute atomic E-state index is 0. The zero-order chi connectivity index (χ0) is 17.4. The number of fused-ring (bicyclic) bond motifs is 1. The van der Waals surface area contributed by atoms with E-state index >= 15 is 0 Å². The van der Waals surface area contributed by atoms with Gasteiger partial charge in [0.05, 0.1) is 11.0 Å². The third-order valence-electron chi connectivity index (χ3n) is 4.71. The Morgan fingerprint density at radius 2 is 1.89 bits per heavy atom. The number of carbonyl (C=O) groups is 1. The molecule has 1 aliphatic carbocycles. The summed E-state index contributed by atoms with van der Waals surface area (Å²) in [5.41, 5.74) is 9.03. The summed E-state index contributed by atoms with van der Waals surface area (Å²) in [5.74, 6) is 0.393. The summed E-state index contributed by atoms with van der Waals surface area (Å²) in [6, 6.07) is 11.9. The van der Waals surface area contributed by atoms with Crippen LogP contribution in [0.25, 0.3) is 22.4 Å². The first kappa shape index (κ1) is 21.2. The number of amides is 1. The Labute approximate surface area is 168 Å². The van der Waals surface area contributed by atoms with E-state index in [2.05, 4.69) is 15.3 Å². The van der Waals surface area contributed by atoms with Crippen LogP contribution in [0, 0.1) is 11.7 Å². The smallest absolute Gasteiger partial charge is 0.227 e. The molecule has 144 valence electrons. The lowest BCUT2D eigenvalue weighted by atomic mass is 10.1. The monoisotopic (exact) mass is 410 g/mol. The summed E-state index contributed by atoms with van der Waals surface area (Å²) >= 11 is 0. The number of anilines is 1. The van der Waals surface area contributed by atoms with Gasteiger partial charge in [0.1, 0.15) is 11.6 Å². The molecule has 2 atom stereocenters. The molecule has 0 radical (unpaired) electrons. The van der Waals surface area contributed by atoms with E-state index < -0.39 is 0 Å². The fraction of sp³-hybridized carbons (Fsp3) is 0.263. The Balaban J connectivity index is 0.00000131. The average molecular weight is 411 g/mol. The molecule has 2 aromatic carbocycles. The molecule has 1 fully saturated rings. The van der Waals surface area contributed by atoms with Crippen LogP contribution >= 0.6 is 24.8 Å². The van der Waals surface area contributed by atoms with Gasteiger partial charge < -0.3 is 16.0 Å². The predicted octanol–water partition coefficient (Wildman–Crippen LogP) is 4.28. The number of aromatic nitrogens is 2. The number of nitrogens with zero attached hydrogens (tertiary/aromatic N) is 1. The zero-order valence-corrected chi connectivity index (χ0v) is 16.1. The van der Waals surface area contributed by atoms with Gasteiger partial charge in [-0.1, -0.05) is 0 Å². The maximum Gasteiger partial charge on any atom is 0.227 e. The van der Waals surface area contributed by atoms with Crippen LogP contribution in [-0.2, 0) is 4.79 Å². The van der Waals surface area contributed by atoms with Crippen LogP contribution in [0.15, 0.2) is 42.5 Å². The van der Waals surface area contributed by atoms with Crippen molar-refractivity contribution in [2.24, 2.45) is 11.7 Å². The fourth-order valence-corrected chi connectivity index (χ4v) is 3.33. The summed E-state index contributed by atoms with van der Waals surface area (Å²) in [5, 5.41) is 2.96. The lowest BCUT2D eigenvalue weighted by Gasteiger charge is -2.10. The summed E-state index contributed by atoms with van der Waals surface area (Å²) in [7, 11) is 0. The lowest BCUT2D eigenvalue weighted by molar-refractivity contribution is -0.119. The molecule has 2 unspecified atom stereocenters. The molecule has 0 spiro atoms. The third kappa shape index (κ3) is 4.58. The molecular weight excluding hydrogens is 390 g/mol. The number of hydrogen-bond donors (Lipinski definition) is 3. The van der Waals surface area contributed by atoms with Crippen molar-refractivity contribution in [3.63, 3.8) is 0 Å². The first-order valence-corrected chi connectivity index (χ1v) is 8.40. The molecule has 1 aliphatic rings. The number of nitrogens with two attached hydrogens (primary N) is 1. The molecule has 0 saturated heterocycles. The molecule has 4 rings (SSSR count). The number of halogens is 3. The van der Waals surface area contributed by atoms with Gasteiger partial charge >= 0.3 is 0 Å². The minimum Gasteiger partial charge on any atom is -0.338 e. The van der Waals surface area contributed by atoms with Gasteiger partial charge in [-0.15, -0.1) is 24.8 Å². The molecule has 0 bridgehead atoms. The van der Waals surface area contributed by atoms with Crippen molar-refractivity contribution in [1.82, 2.24) is 9.97 Å². The van der Waals surface area contributed by atoms with Crippen molar-refractivity contribution in [3.8, 4) is 11.4 Å². The highest BCUT2D eigenvalue weighted by Gasteiger charge is 2.27. The first-order valence-electron chi connectivity index (χ1n) is 8.40. The van der Waals surface area contributed by atoms with Crippen LogP contribution in [0.1, 0.15) is 19.3 Å². The van der Waals surface area contributed by atoms with E-state index in [1.54, 1.807) is 12.1 Å². The van der Waals surface area contributed by atoms with Gasteiger partial charge in [0.2, 0.25) is 5.91 Å². The van der Waals surface area contributed by atoms with Gasteiger partial charge in [-0.05, 0) is 61.7 Å². The molecule has 1 saturated carbocycles. The molecule has 1 amide bonds. The van der Waals surface area contributed by atoms with E-state index in [1.807, 2.05) is 18.2 Å². The van der Waals surface area contributed by atoms with Gasteiger partial charge in [0.15, 0.2) is 0 Å². The minimum atomic E-state index is -0.281. The second-order valence-corrected chi connectivity index (χ2v) is 6.58. The highest BCUT2D eigenvalue weighted by molar-refractivity contribution is 5.95. The van der Waals surface area contributed by atoms with Gasteiger partial charge in [-0.25, -0.2) is 9.37 Å². The van der Waals surface area contributed by atoms with Gasteiger partial charge in [0.25, 0.3) is 0 Å². The Kier molecular flexibility index (Phi) is 6.81. The van der Waals surface area contributed by atoms with E-state index in [1.165, 1.54) is 12.1 Å². The molecule has 1 aromatic heterocycles. The number of hydrogen-bond acceptors (Lipinski definition) is 3. The number of rotatable bonds is 3. The average Bonchev–Trinajstić information content (AvgIpc) is 3.21. The summed E-state index contributed by atoms with van der Waals surface area (Å²) in [6.45, 7) is 0. The standard InChI is InChI=1S/C19H19FN4O.2ClH/c20-13-4-1-11(2-5-13)18-23-16-8-7-15(10-17(16)24-18)22-19(25)12-3-6-14(21)9-12;;/h1-2,4-5,7-8,10,12,14H,3,6,9,21H2,(H,22,25)(H,23,24);2*1H. The van der Waals surface area contributed by atoms with Crippen molar-refractivity contribution < 1.29 is 9.18 Å². The largest absolute Gasteiger partial charge is 0.338 e.